The summed E-state index contributed by atoms with van der Waals surface area (Å²) in [6.45, 7) is 5.00. The second kappa shape index (κ2) is 7.75. The van der Waals surface area contributed by atoms with Crippen molar-refractivity contribution >= 4 is 5.91 Å². The largest absolute Gasteiger partial charge is 0.497 e. The van der Waals surface area contributed by atoms with E-state index in [1.165, 1.54) is 30.8 Å². The molecule has 1 aromatic heterocycles. The summed E-state index contributed by atoms with van der Waals surface area (Å²) in [5.41, 5.74) is 2.15. The van der Waals surface area contributed by atoms with Crippen molar-refractivity contribution in [3.8, 4) is 5.75 Å². The maximum atomic E-state index is 13.4. The first kappa shape index (κ1) is 19.7. The third-order valence-corrected chi connectivity index (χ3v) is 7.70. The topological polar surface area (TPSA) is 47.4 Å². The zero-order valence-electron chi connectivity index (χ0n) is 18.3. The van der Waals surface area contributed by atoms with E-state index in [4.69, 9.17) is 9.72 Å². The minimum atomic E-state index is -0.280. The molecule has 0 bridgehead atoms. The molecule has 2 aromatic rings. The van der Waals surface area contributed by atoms with Crippen LogP contribution in [0.5, 0.6) is 5.75 Å². The second-order valence-corrected chi connectivity index (χ2v) is 9.54. The molecule has 3 aliphatic rings. The molecule has 160 valence electrons. The highest BCUT2D eigenvalue weighted by Crippen LogP contribution is 2.50. The van der Waals surface area contributed by atoms with Gasteiger partial charge in [-0.05, 0) is 69.1 Å². The van der Waals surface area contributed by atoms with E-state index >= 15 is 0 Å². The summed E-state index contributed by atoms with van der Waals surface area (Å²) in [7, 11) is 1.68. The highest BCUT2D eigenvalue weighted by atomic mass is 16.5. The van der Waals surface area contributed by atoms with E-state index in [9.17, 15) is 4.79 Å². The van der Waals surface area contributed by atoms with E-state index in [0.717, 1.165) is 56.6 Å². The summed E-state index contributed by atoms with van der Waals surface area (Å²) in [5, 5.41) is 0. The molecule has 5 nitrogen and oxygen atoms in total. The maximum Gasteiger partial charge on any atom is 0.233 e. The molecule has 1 saturated heterocycles. The molecule has 1 amide bonds. The number of piperidine rings is 1. The van der Waals surface area contributed by atoms with Gasteiger partial charge in [0, 0.05) is 37.4 Å². The normalized spacial score (nSPS) is 21.3. The highest BCUT2D eigenvalue weighted by Gasteiger charge is 2.53. The van der Waals surface area contributed by atoms with Crippen molar-refractivity contribution < 1.29 is 9.53 Å². The Morgan fingerprint density at radius 2 is 1.83 bits per heavy atom. The van der Waals surface area contributed by atoms with Crippen LogP contribution in [-0.2, 0) is 16.8 Å². The van der Waals surface area contributed by atoms with Crippen molar-refractivity contribution in [2.75, 3.05) is 20.2 Å². The number of hydrogen-bond acceptors (Lipinski definition) is 3. The third-order valence-electron chi connectivity index (χ3n) is 7.70. The van der Waals surface area contributed by atoms with Crippen LogP contribution >= 0.6 is 0 Å². The predicted molar refractivity (Wildman–Crippen MR) is 117 cm³/mol. The summed E-state index contributed by atoms with van der Waals surface area (Å²) in [6.07, 6.45) is 10.1. The van der Waals surface area contributed by atoms with E-state index < -0.39 is 0 Å². The first-order chi connectivity index (χ1) is 14.6. The molecule has 0 radical (unpaired) electrons. The molecule has 0 unspecified atom stereocenters. The molecule has 3 fully saturated rings. The average Bonchev–Trinajstić information content (AvgIpc) is 3.49. The molecular weight excluding hydrogens is 374 g/mol. The van der Waals surface area contributed by atoms with E-state index in [0.29, 0.717) is 17.7 Å². The van der Waals surface area contributed by atoms with Gasteiger partial charge in [-0.25, -0.2) is 4.98 Å². The zero-order chi connectivity index (χ0) is 20.7. The van der Waals surface area contributed by atoms with Crippen LogP contribution in [0.25, 0.3) is 0 Å². The van der Waals surface area contributed by atoms with Crippen LogP contribution in [-0.4, -0.2) is 40.6 Å². The lowest BCUT2D eigenvalue weighted by Gasteiger charge is -2.35. The molecule has 5 heteroatoms. The molecule has 0 N–H and O–H groups in total. The standard InChI is InChI=1S/C25H33N3O2/c1-18-16-26-23(20-4-3-5-20)28(18)17-19-10-14-27(15-11-19)24(29)25(12-13-25)21-6-8-22(30-2)9-7-21/h6-9,16,19-20H,3-5,10-15,17H2,1-2H3. The first-order valence-electron chi connectivity index (χ1n) is 11.6. The highest BCUT2D eigenvalue weighted by molar-refractivity contribution is 5.91. The number of aromatic nitrogens is 2. The molecule has 30 heavy (non-hydrogen) atoms. The Morgan fingerprint density at radius 1 is 1.13 bits per heavy atom. The molecule has 2 heterocycles. The van der Waals surface area contributed by atoms with Gasteiger partial charge >= 0.3 is 0 Å². The van der Waals surface area contributed by atoms with Crippen LogP contribution in [0.3, 0.4) is 0 Å². The van der Waals surface area contributed by atoms with Gasteiger partial charge in [0.25, 0.3) is 0 Å². The fourth-order valence-corrected chi connectivity index (χ4v) is 5.25. The van der Waals surface area contributed by atoms with Crippen molar-refractivity contribution in [2.24, 2.45) is 5.92 Å². The molecular formula is C25H33N3O2. The molecule has 1 aromatic carbocycles. The molecule has 5 rings (SSSR count). The van der Waals surface area contributed by atoms with Crippen LogP contribution in [0.15, 0.2) is 30.5 Å². The number of methoxy groups -OCH3 is 1. The van der Waals surface area contributed by atoms with E-state index in [2.05, 4.69) is 28.5 Å². The van der Waals surface area contributed by atoms with E-state index in [-0.39, 0.29) is 5.41 Å². The number of likely N-dealkylation sites (tertiary alicyclic amines) is 1. The first-order valence-corrected chi connectivity index (χ1v) is 11.6. The zero-order valence-corrected chi connectivity index (χ0v) is 18.3. The summed E-state index contributed by atoms with van der Waals surface area (Å²) >= 11 is 0. The number of carbonyl (C=O) groups excluding carboxylic acids is 1. The number of benzene rings is 1. The number of rotatable bonds is 6. The Bertz CT molecular complexity index is 901. The number of imidazole rings is 1. The van der Waals surface area contributed by atoms with Crippen molar-refractivity contribution in [3.05, 3.63) is 47.5 Å². The van der Waals surface area contributed by atoms with Crippen molar-refractivity contribution in [1.82, 2.24) is 14.5 Å². The fraction of sp³-hybridized carbons (Fsp3) is 0.600. The monoisotopic (exact) mass is 407 g/mol. The van der Waals surface area contributed by atoms with Gasteiger partial charge in [0.15, 0.2) is 0 Å². The Labute approximate surface area is 179 Å². The third kappa shape index (κ3) is 3.42. The van der Waals surface area contributed by atoms with Gasteiger partial charge in [-0.1, -0.05) is 18.6 Å². The molecule has 2 aliphatic carbocycles. The molecule has 0 spiro atoms. The summed E-state index contributed by atoms with van der Waals surface area (Å²) in [5.74, 6) is 3.78. The van der Waals surface area contributed by atoms with Crippen molar-refractivity contribution in [3.63, 3.8) is 0 Å². The van der Waals surface area contributed by atoms with Crippen LogP contribution in [0.4, 0.5) is 0 Å². The lowest BCUT2D eigenvalue weighted by molar-refractivity contribution is -0.135. The van der Waals surface area contributed by atoms with Crippen molar-refractivity contribution in [1.29, 1.82) is 0 Å². The van der Waals surface area contributed by atoms with Crippen LogP contribution in [0, 0.1) is 12.8 Å². The number of aryl methyl sites for hydroxylation is 1. The van der Waals surface area contributed by atoms with Gasteiger partial charge < -0.3 is 14.2 Å². The fourth-order valence-electron chi connectivity index (χ4n) is 5.25. The van der Waals surface area contributed by atoms with Gasteiger partial charge in [0.2, 0.25) is 5.91 Å². The van der Waals surface area contributed by atoms with Gasteiger partial charge in [0.05, 0.1) is 12.5 Å². The molecule has 1 aliphatic heterocycles. The molecule has 2 saturated carbocycles. The van der Waals surface area contributed by atoms with E-state index in [1.807, 2.05) is 18.3 Å². The second-order valence-electron chi connectivity index (χ2n) is 9.54. The number of hydrogen-bond donors (Lipinski definition) is 0. The van der Waals surface area contributed by atoms with Gasteiger partial charge in [-0.15, -0.1) is 0 Å². The van der Waals surface area contributed by atoms with Crippen molar-refractivity contribution in [2.45, 2.75) is 69.7 Å². The Morgan fingerprint density at radius 3 is 2.40 bits per heavy atom. The summed E-state index contributed by atoms with van der Waals surface area (Å²) in [6, 6.07) is 8.09. The lowest BCUT2D eigenvalue weighted by Crippen LogP contribution is -2.44. The van der Waals surface area contributed by atoms with Crippen LogP contribution in [0.1, 0.15) is 67.9 Å². The minimum absolute atomic E-state index is 0.280. The summed E-state index contributed by atoms with van der Waals surface area (Å²) in [4.78, 5) is 20.2. The van der Waals surface area contributed by atoms with Gasteiger partial charge in [-0.3, -0.25) is 4.79 Å². The SMILES string of the molecule is COc1ccc(C2(C(=O)N3CCC(Cn4c(C)cnc4C4CCC4)CC3)CC2)cc1. The van der Waals surface area contributed by atoms with Gasteiger partial charge in [-0.2, -0.15) is 0 Å². The van der Waals surface area contributed by atoms with Crippen LogP contribution in [0.2, 0.25) is 0 Å². The predicted octanol–water partition coefficient (Wildman–Crippen LogP) is 4.44. The lowest BCUT2D eigenvalue weighted by atomic mass is 9.84. The molecule has 0 atom stereocenters. The van der Waals surface area contributed by atoms with Crippen LogP contribution < -0.4 is 4.74 Å². The van der Waals surface area contributed by atoms with Gasteiger partial charge in [0.1, 0.15) is 11.6 Å². The minimum Gasteiger partial charge on any atom is -0.497 e. The Balaban J connectivity index is 1.21. The number of amides is 1. The number of carbonyl (C=O) groups is 1. The van der Waals surface area contributed by atoms with E-state index in [1.54, 1.807) is 7.11 Å². The Hall–Kier alpha value is -2.30. The number of ether oxygens (including phenoxy) is 1. The summed E-state index contributed by atoms with van der Waals surface area (Å²) < 4.78 is 7.74. The quantitative estimate of drug-likeness (QED) is 0.711. The average molecular weight is 408 g/mol. The Kier molecular flexibility index (Phi) is 5.08. The number of nitrogens with zero attached hydrogens (tertiary/aromatic N) is 3. The smallest absolute Gasteiger partial charge is 0.233 e. The maximum absolute atomic E-state index is 13.4.